The molecular formula is C19H18N4O3. The van der Waals surface area contributed by atoms with Gasteiger partial charge in [-0.3, -0.25) is 4.79 Å². The second-order valence-electron chi connectivity index (χ2n) is 5.96. The van der Waals surface area contributed by atoms with Gasteiger partial charge >= 0.3 is 0 Å². The van der Waals surface area contributed by atoms with E-state index in [0.717, 1.165) is 11.3 Å². The van der Waals surface area contributed by atoms with Crippen molar-refractivity contribution in [3.63, 3.8) is 0 Å². The number of hydrogen-bond acceptors (Lipinski definition) is 5. The van der Waals surface area contributed by atoms with Crippen LogP contribution in [-0.4, -0.2) is 28.0 Å². The number of anilines is 1. The highest BCUT2D eigenvalue weighted by molar-refractivity contribution is 6.03. The van der Waals surface area contributed by atoms with Crippen molar-refractivity contribution in [1.29, 1.82) is 0 Å². The van der Waals surface area contributed by atoms with Crippen LogP contribution in [-0.2, 0) is 17.9 Å². The Morgan fingerprint density at radius 2 is 1.96 bits per heavy atom. The van der Waals surface area contributed by atoms with E-state index in [1.807, 2.05) is 54.6 Å². The molecule has 2 aromatic carbocycles. The lowest BCUT2D eigenvalue weighted by atomic mass is 10.1. The third-order valence-electron chi connectivity index (χ3n) is 4.33. The van der Waals surface area contributed by atoms with E-state index in [1.165, 1.54) is 0 Å². The third kappa shape index (κ3) is 3.16. The normalized spacial score (nSPS) is 16.0. The van der Waals surface area contributed by atoms with Crippen LogP contribution >= 0.6 is 0 Å². The van der Waals surface area contributed by atoms with E-state index in [2.05, 4.69) is 15.6 Å². The number of nitrogens with one attached hydrogen (secondary N) is 1. The van der Waals surface area contributed by atoms with Crippen LogP contribution in [0.15, 0.2) is 54.6 Å². The number of rotatable bonds is 4. The molecule has 0 fully saturated rings. The summed E-state index contributed by atoms with van der Waals surface area (Å²) in [4.78, 5) is 12.5. The number of carbonyl (C=O) groups excluding carboxylic acids is 1. The van der Waals surface area contributed by atoms with E-state index in [9.17, 15) is 4.79 Å². The topological polar surface area (TPSA) is 78.3 Å². The number of benzene rings is 2. The number of hydrogen-bond donors (Lipinski definition) is 1. The summed E-state index contributed by atoms with van der Waals surface area (Å²) in [5, 5.41) is 11.0. The van der Waals surface area contributed by atoms with E-state index in [-0.39, 0.29) is 18.6 Å². The Morgan fingerprint density at radius 3 is 2.69 bits per heavy atom. The largest absolute Gasteiger partial charge is 0.497 e. The predicted molar refractivity (Wildman–Crippen MR) is 94.9 cm³/mol. The number of aromatic nitrogens is 3. The summed E-state index contributed by atoms with van der Waals surface area (Å²) in [6, 6.07) is 17.0. The molecule has 1 aliphatic heterocycles. The summed E-state index contributed by atoms with van der Waals surface area (Å²) in [5.41, 5.74) is 2.72. The fourth-order valence-electron chi connectivity index (χ4n) is 2.92. The summed E-state index contributed by atoms with van der Waals surface area (Å²) in [6.45, 7) is 0.786. The maximum absolute atomic E-state index is 12.5. The highest BCUT2D eigenvalue weighted by Crippen LogP contribution is 2.28. The molecule has 1 aliphatic rings. The molecule has 0 saturated heterocycles. The molecule has 0 radical (unpaired) electrons. The van der Waals surface area contributed by atoms with Crippen LogP contribution in [0.1, 0.15) is 27.8 Å². The van der Waals surface area contributed by atoms with E-state index in [4.69, 9.17) is 9.47 Å². The molecule has 1 aromatic heterocycles. The first-order valence-corrected chi connectivity index (χ1v) is 8.29. The number of amides is 1. The summed E-state index contributed by atoms with van der Waals surface area (Å²) in [5.74, 6) is 0.509. The monoisotopic (exact) mass is 350 g/mol. The van der Waals surface area contributed by atoms with Crippen molar-refractivity contribution in [3.8, 4) is 5.75 Å². The van der Waals surface area contributed by atoms with E-state index in [0.29, 0.717) is 23.6 Å². The first-order chi connectivity index (χ1) is 12.7. The van der Waals surface area contributed by atoms with Crippen LogP contribution in [0.4, 0.5) is 5.69 Å². The van der Waals surface area contributed by atoms with Gasteiger partial charge in [0.15, 0.2) is 5.69 Å². The molecule has 1 N–H and O–H groups in total. The van der Waals surface area contributed by atoms with Crippen LogP contribution in [0, 0.1) is 0 Å². The van der Waals surface area contributed by atoms with Gasteiger partial charge in [0.2, 0.25) is 0 Å². The van der Waals surface area contributed by atoms with Crippen molar-refractivity contribution in [3.05, 3.63) is 71.5 Å². The lowest BCUT2D eigenvalue weighted by Gasteiger charge is -2.24. The van der Waals surface area contributed by atoms with Gasteiger partial charge in [-0.05, 0) is 29.8 Å². The SMILES string of the molecule is COc1ccc([C@H]2Cn3nnc(C(=O)Nc4ccccc4)c3CO2)cc1. The second kappa shape index (κ2) is 6.97. The molecule has 1 amide bonds. The first-order valence-electron chi connectivity index (χ1n) is 8.29. The number of para-hydroxylation sites is 1. The van der Waals surface area contributed by atoms with Gasteiger partial charge in [-0.15, -0.1) is 5.10 Å². The van der Waals surface area contributed by atoms with Crippen LogP contribution in [0.5, 0.6) is 5.75 Å². The van der Waals surface area contributed by atoms with Crippen molar-refractivity contribution >= 4 is 11.6 Å². The van der Waals surface area contributed by atoms with Crippen molar-refractivity contribution in [2.75, 3.05) is 12.4 Å². The summed E-state index contributed by atoms with van der Waals surface area (Å²) < 4.78 is 12.9. The highest BCUT2D eigenvalue weighted by atomic mass is 16.5. The molecule has 0 aliphatic carbocycles. The van der Waals surface area contributed by atoms with Crippen LogP contribution in [0.3, 0.4) is 0 Å². The Labute approximate surface area is 150 Å². The molecular weight excluding hydrogens is 332 g/mol. The van der Waals surface area contributed by atoms with Gasteiger partial charge in [0, 0.05) is 5.69 Å². The van der Waals surface area contributed by atoms with E-state index >= 15 is 0 Å². The number of carbonyl (C=O) groups is 1. The summed E-state index contributed by atoms with van der Waals surface area (Å²) in [6.07, 6.45) is -0.139. The minimum Gasteiger partial charge on any atom is -0.497 e. The maximum atomic E-state index is 12.5. The van der Waals surface area contributed by atoms with Crippen LogP contribution in [0.25, 0.3) is 0 Å². The average molecular weight is 350 g/mol. The fraction of sp³-hybridized carbons (Fsp3) is 0.211. The summed E-state index contributed by atoms with van der Waals surface area (Å²) >= 11 is 0. The van der Waals surface area contributed by atoms with Crippen LogP contribution < -0.4 is 10.1 Å². The zero-order valence-electron chi connectivity index (χ0n) is 14.3. The van der Waals surface area contributed by atoms with Gasteiger partial charge in [-0.1, -0.05) is 35.5 Å². The van der Waals surface area contributed by atoms with Crippen molar-refractivity contribution < 1.29 is 14.3 Å². The Morgan fingerprint density at radius 1 is 1.19 bits per heavy atom. The number of nitrogens with zero attached hydrogens (tertiary/aromatic N) is 3. The van der Waals surface area contributed by atoms with Gasteiger partial charge in [0.05, 0.1) is 26.0 Å². The molecule has 0 bridgehead atoms. The molecule has 2 heterocycles. The van der Waals surface area contributed by atoms with E-state index < -0.39 is 0 Å². The molecule has 0 saturated carbocycles. The minimum atomic E-state index is -0.288. The lowest BCUT2D eigenvalue weighted by molar-refractivity contribution is -0.00173. The Balaban J connectivity index is 1.50. The Kier molecular flexibility index (Phi) is 4.37. The van der Waals surface area contributed by atoms with Gasteiger partial charge in [-0.25, -0.2) is 4.68 Å². The maximum Gasteiger partial charge on any atom is 0.278 e. The van der Waals surface area contributed by atoms with Crippen LogP contribution in [0.2, 0.25) is 0 Å². The Bertz CT molecular complexity index is 906. The van der Waals surface area contributed by atoms with Gasteiger partial charge in [0.1, 0.15) is 11.9 Å². The molecule has 0 unspecified atom stereocenters. The molecule has 1 atom stereocenters. The minimum absolute atomic E-state index is 0.139. The van der Waals surface area contributed by atoms with E-state index in [1.54, 1.807) is 11.8 Å². The van der Waals surface area contributed by atoms with Crippen molar-refractivity contribution in [2.45, 2.75) is 19.3 Å². The van der Waals surface area contributed by atoms with Crippen molar-refractivity contribution in [1.82, 2.24) is 15.0 Å². The predicted octanol–water partition coefficient (Wildman–Crippen LogP) is 2.81. The Hall–Kier alpha value is -3.19. The standard InChI is InChI=1S/C19H18N4O3/c1-25-15-9-7-13(8-10-15)17-11-23-16(12-26-17)18(21-22-23)19(24)20-14-5-3-2-4-6-14/h2-10,17H,11-12H2,1H3,(H,20,24)/t17-/m1/s1. The highest BCUT2D eigenvalue weighted by Gasteiger charge is 2.27. The number of methoxy groups -OCH3 is 1. The molecule has 3 aromatic rings. The molecule has 26 heavy (non-hydrogen) atoms. The zero-order chi connectivity index (χ0) is 17.9. The molecule has 0 spiro atoms. The smallest absolute Gasteiger partial charge is 0.278 e. The zero-order valence-corrected chi connectivity index (χ0v) is 14.3. The summed E-state index contributed by atoms with van der Waals surface area (Å²) in [7, 11) is 1.63. The fourth-order valence-corrected chi connectivity index (χ4v) is 2.92. The first kappa shape index (κ1) is 16.3. The number of fused-ring (bicyclic) bond motifs is 1. The quantitative estimate of drug-likeness (QED) is 0.783. The van der Waals surface area contributed by atoms with Crippen molar-refractivity contribution in [2.24, 2.45) is 0 Å². The average Bonchev–Trinajstić information content (AvgIpc) is 3.12. The van der Waals surface area contributed by atoms with Gasteiger partial charge in [0.25, 0.3) is 5.91 Å². The molecule has 7 heteroatoms. The van der Waals surface area contributed by atoms with Gasteiger partial charge < -0.3 is 14.8 Å². The van der Waals surface area contributed by atoms with Gasteiger partial charge in [-0.2, -0.15) is 0 Å². The number of ether oxygens (including phenoxy) is 2. The lowest BCUT2D eigenvalue weighted by Crippen LogP contribution is -2.24. The molecule has 7 nitrogen and oxygen atoms in total. The molecule has 132 valence electrons. The molecule has 4 rings (SSSR count). The second-order valence-corrected chi connectivity index (χ2v) is 5.96. The third-order valence-corrected chi connectivity index (χ3v) is 4.33.